The first-order chi connectivity index (χ1) is 10.4. The molecule has 100 valence electrons. The molecule has 0 saturated heterocycles. The molecular formula is C19H13NO. The molecule has 0 aliphatic heterocycles. The number of rotatable bonds is 2. The van der Waals surface area contributed by atoms with Crippen molar-refractivity contribution in [2.24, 2.45) is 0 Å². The highest BCUT2D eigenvalue weighted by atomic mass is 16.5. The predicted octanol–water partition coefficient (Wildman–Crippen LogP) is 2.98. The van der Waals surface area contributed by atoms with E-state index in [2.05, 4.69) is 29.8 Å². The van der Waals surface area contributed by atoms with Crippen molar-refractivity contribution in [3.8, 4) is 29.8 Å². The van der Waals surface area contributed by atoms with Gasteiger partial charge in [-0.15, -0.1) is 0 Å². The molecule has 0 N–H and O–H groups in total. The van der Waals surface area contributed by atoms with E-state index >= 15 is 0 Å². The zero-order valence-electron chi connectivity index (χ0n) is 11.5. The van der Waals surface area contributed by atoms with Gasteiger partial charge < -0.3 is 4.74 Å². The van der Waals surface area contributed by atoms with Crippen molar-refractivity contribution < 1.29 is 4.74 Å². The highest BCUT2D eigenvalue weighted by molar-refractivity contribution is 5.39. The highest BCUT2D eigenvalue weighted by Crippen LogP contribution is 2.01. The molecule has 2 rings (SSSR count). The average molecular weight is 271 g/mol. The van der Waals surface area contributed by atoms with Gasteiger partial charge in [0.2, 0.25) is 0 Å². The van der Waals surface area contributed by atoms with Gasteiger partial charge in [-0.2, -0.15) is 5.26 Å². The standard InChI is InChI=1S/C19H13NO/c20-16-19-12-10-18(11-13-19)9-5-15-21-14-4-8-17-6-2-1-3-7-17/h1-3,6-7,10-13H,14-15H2. The minimum absolute atomic E-state index is 0.337. The maximum atomic E-state index is 8.69. The van der Waals surface area contributed by atoms with Crippen molar-refractivity contribution in [3.63, 3.8) is 0 Å². The third-order valence-electron chi connectivity index (χ3n) is 2.60. The second-order valence-corrected chi connectivity index (χ2v) is 4.15. The van der Waals surface area contributed by atoms with E-state index in [4.69, 9.17) is 10.00 Å². The van der Waals surface area contributed by atoms with E-state index in [0.717, 1.165) is 11.1 Å². The molecule has 0 aliphatic carbocycles. The molecule has 0 fully saturated rings. The Hall–Kier alpha value is -2.99. The Morgan fingerprint density at radius 2 is 1.24 bits per heavy atom. The molecule has 0 aliphatic rings. The predicted molar refractivity (Wildman–Crippen MR) is 82.2 cm³/mol. The Labute approximate surface area is 125 Å². The summed E-state index contributed by atoms with van der Waals surface area (Å²) < 4.78 is 5.32. The van der Waals surface area contributed by atoms with Crippen LogP contribution in [-0.2, 0) is 4.74 Å². The first-order valence-corrected chi connectivity index (χ1v) is 6.49. The van der Waals surface area contributed by atoms with Gasteiger partial charge in [-0.1, -0.05) is 41.9 Å². The lowest BCUT2D eigenvalue weighted by atomic mass is 10.1. The fourth-order valence-corrected chi connectivity index (χ4v) is 1.58. The molecule has 0 atom stereocenters. The maximum Gasteiger partial charge on any atom is 0.109 e. The lowest BCUT2D eigenvalue weighted by molar-refractivity contribution is 0.204. The van der Waals surface area contributed by atoms with Gasteiger partial charge in [-0.3, -0.25) is 0 Å². The maximum absolute atomic E-state index is 8.69. The monoisotopic (exact) mass is 271 g/mol. The molecule has 2 nitrogen and oxygen atoms in total. The summed E-state index contributed by atoms with van der Waals surface area (Å²) in [7, 11) is 0. The number of nitriles is 1. The van der Waals surface area contributed by atoms with Gasteiger partial charge in [0, 0.05) is 11.1 Å². The third kappa shape index (κ3) is 5.25. The van der Waals surface area contributed by atoms with Crippen LogP contribution in [0, 0.1) is 35.0 Å². The molecule has 2 aromatic carbocycles. The molecule has 0 heterocycles. The van der Waals surface area contributed by atoms with Crippen LogP contribution >= 0.6 is 0 Å². The number of nitrogens with zero attached hydrogens (tertiary/aromatic N) is 1. The Bertz CT molecular complexity index is 732. The first kappa shape index (κ1) is 14.4. The average Bonchev–Trinajstić information content (AvgIpc) is 2.55. The molecule has 0 spiro atoms. The van der Waals surface area contributed by atoms with E-state index in [1.165, 1.54) is 0 Å². The third-order valence-corrected chi connectivity index (χ3v) is 2.60. The normalized spacial score (nSPS) is 8.71. The summed E-state index contributed by atoms with van der Waals surface area (Å²) in [6, 6.07) is 19.0. The second-order valence-electron chi connectivity index (χ2n) is 4.15. The minimum atomic E-state index is 0.337. The largest absolute Gasteiger partial charge is 0.356 e. The van der Waals surface area contributed by atoms with Gasteiger partial charge in [0.1, 0.15) is 13.2 Å². The van der Waals surface area contributed by atoms with Crippen LogP contribution in [0.15, 0.2) is 54.6 Å². The molecule has 0 radical (unpaired) electrons. The summed E-state index contributed by atoms with van der Waals surface area (Å²) in [5.41, 5.74) is 2.48. The van der Waals surface area contributed by atoms with Crippen molar-refractivity contribution in [1.82, 2.24) is 0 Å². The van der Waals surface area contributed by atoms with Crippen molar-refractivity contribution in [3.05, 3.63) is 71.3 Å². The molecule has 2 aromatic rings. The Balaban J connectivity index is 1.74. The van der Waals surface area contributed by atoms with Gasteiger partial charge in [0.05, 0.1) is 11.6 Å². The van der Waals surface area contributed by atoms with Crippen LogP contribution in [0.2, 0.25) is 0 Å². The van der Waals surface area contributed by atoms with Crippen molar-refractivity contribution >= 4 is 0 Å². The fraction of sp³-hybridized carbons (Fsp3) is 0.105. The van der Waals surface area contributed by atoms with Gasteiger partial charge >= 0.3 is 0 Å². The molecule has 2 heteroatoms. The number of benzene rings is 2. The lowest BCUT2D eigenvalue weighted by Crippen LogP contribution is -1.91. The summed E-state index contributed by atoms with van der Waals surface area (Å²) in [6.45, 7) is 0.695. The first-order valence-electron chi connectivity index (χ1n) is 6.49. The summed E-state index contributed by atoms with van der Waals surface area (Å²) >= 11 is 0. The van der Waals surface area contributed by atoms with Gasteiger partial charge in [0.15, 0.2) is 0 Å². The molecule has 0 saturated carbocycles. The number of hydrogen-bond donors (Lipinski definition) is 0. The topological polar surface area (TPSA) is 33.0 Å². The molecule has 21 heavy (non-hydrogen) atoms. The lowest BCUT2D eigenvalue weighted by Gasteiger charge is -1.92. The second kappa shape index (κ2) is 8.23. The van der Waals surface area contributed by atoms with Gasteiger partial charge in [0.25, 0.3) is 0 Å². The zero-order chi connectivity index (χ0) is 14.8. The van der Waals surface area contributed by atoms with E-state index in [1.54, 1.807) is 12.1 Å². The van der Waals surface area contributed by atoms with Crippen LogP contribution in [0.1, 0.15) is 16.7 Å². The zero-order valence-corrected chi connectivity index (χ0v) is 11.5. The van der Waals surface area contributed by atoms with Gasteiger partial charge in [-0.25, -0.2) is 0 Å². The van der Waals surface area contributed by atoms with Crippen LogP contribution in [0.3, 0.4) is 0 Å². The smallest absolute Gasteiger partial charge is 0.109 e. The molecule has 0 unspecified atom stereocenters. The van der Waals surface area contributed by atoms with E-state index in [0.29, 0.717) is 18.8 Å². The summed E-state index contributed by atoms with van der Waals surface area (Å²) in [5, 5.41) is 8.69. The van der Waals surface area contributed by atoms with E-state index in [9.17, 15) is 0 Å². The van der Waals surface area contributed by atoms with Crippen LogP contribution in [0.25, 0.3) is 0 Å². The minimum Gasteiger partial charge on any atom is -0.356 e. The molecule has 0 amide bonds. The SMILES string of the molecule is N#Cc1ccc(C#CCOCC#Cc2ccccc2)cc1. The van der Waals surface area contributed by atoms with E-state index in [1.807, 2.05) is 42.5 Å². The Morgan fingerprint density at radius 3 is 1.81 bits per heavy atom. The van der Waals surface area contributed by atoms with Crippen molar-refractivity contribution in [2.75, 3.05) is 13.2 Å². The summed E-state index contributed by atoms with van der Waals surface area (Å²) in [5.74, 6) is 11.8. The van der Waals surface area contributed by atoms with Crippen LogP contribution < -0.4 is 0 Å². The summed E-state index contributed by atoms with van der Waals surface area (Å²) in [6.07, 6.45) is 0. The Kier molecular flexibility index (Phi) is 5.65. The fourth-order valence-electron chi connectivity index (χ4n) is 1.58. The molecule has 0 aromatic heterocycles. The van der Waals surface area contributed by atoms with Crippen molar-refractivity contribution in [2.45, 2.75) is 0 Å². The van der Waals surface area contributed by atoms with Crippen LogP contribution in [0.4, 0.5) is 0 Å². The molecule has 0 bridgehead atoms. The van der Waals surface area contributed by atoms with Gasteiger partial charge in [-0.05, 0) is 36.4 Å². The van der Waals surface area contributed by atoms with Crippen LogP contribution in [-0.4, -0.2) is 13.2 Å². The quantitative estimate of drug-likeness (QED) is 0.621. The number of hydrogen-bond acceptors (Lipinski definition) is 2. The highest BCUT2D eigenvalue weighted by Gasteiger charge is 1.88. The summed E-state index contributed by atoms with van der Waals surface area (Å²) in [4.78, 5) is 0. The number of ether oxygens (including phenoxy) is 1. The van der Waals surface area contributed by atoms with Crippen molar-refractivity contribution in [1.29, 1.82) is 5.26 Å². The van der Waals surface area contributed by atoms with E-state index in [-0.39, 0.29) is 0 Å². The molecular weight excluding hydrogens is 258 g/mol. The Morgan fingerprint density at radius 1 is 0.714 bits per heavy atom. The van der Waals surface area contributed by atoms with Crippen LogP contribution in [0.5, 0.6) is 0 Å². The van der Waals surface area contributed by atoms with E-state index < -0.39 is 0 Å².